The highest BCUT2D eigenvalue weighted by molar-refractivity contribution is 6.46. The third-order valence-electron chi connectivity index (χ3n) is 6.06. The monoisotopic (exact) mass is 454 g/mol. The molecule has 1 amide bonds. The van der Waals surface area contributed by atoms with Gasteiger partial charge in [0, 0.05) is 5.57 Å². The summed E-state index contributed by atoms with van der Waals surface area (Å²) >= 11 is 0. The topological polar surface area (TPSA) is 96.5 Å². The van der Waals surface area contributed by atoms with E-state index < -0.39 is 23.5 Å². The maximum absolute atomic E-state index is 13.4. The number of likely N-dealkylation sites (tertiary alicyclic amines) is 1. The first-order chi connectivity index (χ1) is 16.0. The Hall–Kier alpha value is -3.10. The van der Waals surface area contributed by atoms with E-state index in [9.17, 15) is 14.7 Å². The number of hydrogen-bond donors (Lipinski definition) is 1. The third-order valence-corrected chi connectivity index (χ3v) is 6.06. The molecule has 0 saturated carbocycles. The van der Waals surface area contributed by atoms with Crippen LogP contribution in [0.3, 0.4) is 0 Å². The minimum Gasteiger partial charge on any atom is -0.872 e. The standard InChI is InChI=1S/C25H30N2O6/c1-3-14-32-19-7-5-18(6-8-19)23(28)21-22(20-9-4-17(2)33-20)27(25(30)24(21)29)11-10-26-12-15-31-16-13-26/h4-9,22,28H,3,10-16H2,1-2H3/b23-21+. The number of nitrogens with one attached hydrogen (secondary N) is 1. The summed E-state index contributed by atoms with van der Waals surface area (Å²) < 4.78 is 16.8. The molecule has 2 aliphatic heterocycles. The van der Waals surface area contributed by atoms with E-state index >= 15 is 0 Å². The van der Waals surface area contributed by atoms with Gasteiger partial charge in [0.25, 0.3) is 5.91 Å². The minimum atomic E-state index is -0.831. The molecule has 1 aromatic carbocycles. The van der Waals surface area contributed by atoms with Crippen LogP contribution in [-0.4, -0.2) is 62.6 Å². The Labute approximate surface area is 193 Å². The summed E-state index contributed by atoms with van der Waals surface area (Å²) in [7, 11) is 0. The van der Waals surface area contributed by atoms with Crippen molar-refractivity contribution in [2.45, 2.75) is 26.3 Å². The molecule has 1 atom stereocenters. The molecule has 1 unspecified atom stereocenters. The number of Topliss-reactive ketones (excluding diaryl/α,β-unsaturated/α-hetero) is 1. The van der Waals surface area contributed by atoms with Crippen LogP contribution in [0.5, 0.6) is 5.75 Å². The molecule has 2 saturated heterocycles. The smallest absolute Gasteiger partial charge is 0.295 e. The van der Waals surface area contributed by atoms with Gasteiger partial charge in [-0.1, -0.05) is 24.8 Å². The number of amides is 1. The van der Waals surface area contributed by atoms with Gasteiger partial charge in [-0.25, -0.2) is 0 Å². The Morgan fingerprint density at radius 1 is 1.15 bits per heavy atom. The number of ether oxygens (including phenoxy) is 2. The SMILES string of the molecule is CCCOc1ccc(/C([O-])=C2\C(=O)C(=O)N(CC[NH+]3CCOCC3)C2c2ccc(C)o2)cc1. The van der Waals surface area contributed by atoms with Crippen LogP contribution in [0.25, 0.3) is 5.76 Å². The predicted molar refractivity (Wildman–Crippen MR) is 118 cm³/mol. The summed E-state index contributed by atoms with van der Waals surface area (Å²) in [5.41, 5.74) is 0.275. The fourth-order valence-electron chi connectivity index (χ4n) is 4.26. The molecule has 4 rings (SSSR count). The number of hydrogen-bond acceptors (Lipinski definition) is 6. The van der Waals surface area contributed by atoms with Gasteiger partial charge in [-0.3, -0.25) is 9.59 Å². The molecular weight excluding hydrogens is 424 g/mol. The number of nitrogens with zero attached hydrogens (tertiary/aromatic N) is 1. The van der Waals surface area contributed by atoms with Crippen LogP contribution in [0.2, 0.25) is 0 Å². The zero-order valence-corrected chi connectivity index (χ0v) is 19.1. The van der Waals surface area contributed by atoms with Crippen molar-refractivity contribution in [3.8, 4) is 5.75 Å². The lowest BCUT2D eigenvalue weighted by atomic mass is 9.99. The molecule has 3 heterocycles. The summed E-state index contributed by atoms with van der Waals surface area (Å²) in [5, 5.41) is 13.4. The quantitative estimate of drug-likeness (QED) is 0.355. The summed E-state index contributed by atoms with van der Waals surface area (Å²) in [6.07, 6.45) is 0.876. The van der Waals surface area contributed by atoms with Crippen molar-refractivity contribution in [3.63, 3.8) is 0 Å². The van der Waals surface area contributed by atoms with E-state index in [4.69, 9.17) is 13.9 Å². The van der Waals surface area contributed by atoms with Crippen molar-refractivity contribution in [1.82, 2.24) is 4.90 Å². The van der Waals surface area contributed by atoms with Crippen LogP contribution in [0.1, 0.15) is 36.5 Å². The summed E-state index contributed by atoms with van der Waals surface area (Å²) in [5.74, 6) is -0.152. The molecule has 2 fully saturated rings. The number of morpholine rings is 1. The van der Waals surface area contributed by atoms with Crippen LogP contribution in [-0.2, 0) is 14.3 Å². The highest BCUT2D eigenvalue weighted by Crippen LogP contribution is 2.39. The minimum absolute atomic E-state index is 0.0615. The molecule has 0 spiro atoms. The highest BCUT2D eigenvalue weighted by atomic mass is 16.5. The fourth-order valence-corrected chi connectivity index (χ4v) is 4.26. The lowest BCUT2D eigenvalue weighted by Crippen LogP contribution is -3.14. The molecule has 0 radical (unpaired) electrons. The molecule has 2 aliphatic rings. The van der Waals surface area contributed by atoms with Crippen LogP contribution in [0, 0.1) is 6.92 Å². The van der Waals surface area contributed by atoms with Crippen LogP contribution in [0.15, 0.2) is 46.4 Å². The van der Waals surface area contributed by atoms with E-state index in [0.29, 0.717) is 55.7 Å². The van der Waals surface area contributed by atoms with E-state index in [-0.39, 0.29) is 5.57 Å². The van der Waals surface area contributed by atoms with Gasteiger partial charge in [-0.2, -0.15) is 0 Å². The number of benzene rings is 1. The van der Waals surface area contributed by atoms with Crippen molar-refractivity contribution >= 4 is 17.4 Å². The van der Waals surface area contributed by atoms with Gasteiger partial charge in [0.2, 0.25) is 5.78 Å². The van der Waals surface area contributed by atoms with Gasteiger partial charge < -0.3 is 28.8 Å². The van der Waals surface area contributed by atoms with Crippen molar-refractivity contribution in [3.05, 3.63) is 59.1 Å². The molecule has 8 nitrogen and oxygen atoms in total. The number of quaternary nitrogens is 1. The van der Waals surface area contributed by atoms with Crippen LogP contribution < -0.4 is 14.7 Å². The summed E-state index contributed by atoms with van der Waals surface area (Å²) in [6, 6.07) is 9.34. The maximum atomic E-state index is 13.4. The second-order valence-corrected chi connectivity index (χ2v) is 8.41. The van der Waals surface area contributed by atoms with E-state index in [1.165, 1.54) is 9.80 Å². The normalized spacial score (nSPS) is 21.0. The second-order valence-electron chi connectivity index (χ2n) is 8.41. The van der Waals surface area contributed by atoms with E-state index in [1.807, 2.05) is 6.92 Å². The Bertz CT molecular complexity index is 1020. The number of ketones is 1. The molecule has 0 bridgehead atoms. The molecule has 8 heteroatoms. The van der Waals surface area contributed by atoms with Crippen LogP contribution in [0.4, 0.5) is 0 Å². The van der Waals surface area contributed by atoms with Gasteiger partial charge in [0.15, 0.2) is 0 Å². The molecule has 0 aliphatic carbocycles. The molecule has 1 aromatic heterocycles. The number of rotatable bonds is 8. The largest absolute Gasteiger partial charge is 0.872 e. The maximum Gasteiger partial charge on any atom is 0.295 e. The number of aryl methyl sites for hydroxylation is 1. The molecule has 176 valence electrons. The first-order valence-corrected chi connectivity index (χ1v) is 11.5. The molecular formula is C25H30N2O6. The van der Waals surface area contributed by atoms with Gasteiger partial charge in [0.05, 0.1) is 32.9 Å². The van der Waals surface area contributed by atoms with Crippen LogP contribution >= 0.6 is 0 Å². The van der Waals surface area contributed by atoms with Crippen molar-refractivity contribution in [2.75, 3.05) is 46.0 Å². The number of furan rings is 1. The fraction of sp³-hybridized carbons (Fsp3) is 0.440. The van der Waals surface area contributed by atoms with E-state index in [1.54, 1.807) is 43.3 Å². The zero-order chi connectivity index (χ0) is 23.4. The van der Waals surface area contributed by atoms with Gasteiger partial charge in [-0.05, 0) is 43.2 Å². The highest BCUT2D eigenvalue weighted by Gasteiger charge is 2.46. The van der Waals surface area contributed by atoms with Gasteiger partial charge >= 0.3 is 0 Å². The summed E-state index contributed by atoms with van der Waals surface area (Å²) in [6.45, 7) is 8.46. The first kappa shape index (κ1) is 23.1. The lowest BCUT2D eigenvalue weighted by Gasteiger charge is -2.29. The van der Waals surface area contributed by atoms with Crippen molar-refractivity contribution in [1.29, 1.82) is 0 Å². The molecule has 2 aromatic rings. The number of carbonyl (C=O) groups excluding carboxylic acids is 2. The second kappa shape index (κ2) is 10.2. The summed E-state index contributed by atoms with van der Waals surface area (Å²) in [4.78, 5) is 28.8. The van der Waals surface area contributed by atoms with Crippen molar-refractivity contribution < 1.29 is 33.5 Å². The van der Waals surface area contributed by atoms with Gasteiger partial charge in [0.1, 0.15) is 36.4 Å². The molecule has 1 N–H and O–H groups in total. The van der Waals surface area contributed by atoms with Gasteiger partial charge in [-0.15, -0.1) is 0 Å². The average molecular weight is 455 g/mol. The number of carbonyl (C=O) groups is 2. The average Bonchev–Trinajstić information content (AvgIpc) is 3.37. The Morgan fingerprint density at radius 2 is 1.88 bits per heavy atom. The lowest BCUT2D eigenvalue weighted by molar-refractivity contribution is -0.907. The van der Waals surface area contributed by atoms with E-state index in [2.05, 4.69) is 0 Å². The van der Waals surface area contributed by atoms with E-state index in [0.717, 1.165) is 19.5 Å². The predicted octanol–water partition coefficient (Wildman–Crippen LogP) is 0.516. The Morgan fingerprint density at radius 3 is 2.52 bits per heavy atom. The van der Waals surface area contributed by atoms with Crippen molar-refractivity contribution in [2.24, 2.45) is 0 Å². The molecule has 33 heavy (non-hydrogen) atoms. The third kappa shape index (κ3) is 4.96. The zero-order valence-electron chi connectivity index (χ0n) is 19.1. The first-order valence-electron chi connectivity index (χ1n) is 11.5. The Kier molecular flexibility index (Phi) is 7.15. The Balaban J connectivity index is 1.65.